The van der Waals surface area contributed by atoms with Gasteiger partial charge in [-0.25, -0.2) is 4.98 Å². The molecule has 4 heteroatoms. The lowest BCUT2D eigenvalue weighted by molar-refractivity contribution is 0.101. The van der Waals surface area contributed by atoms with Crippen molar-refractivity contribution < 1.29 is 4.79 Å². The number of pyridine rings is 1. The van der Waals surface area contributed by atoms with Crippen LogP contribution in [0.4, 0.5) is 5.82 Å². The monoisotopic (exact) mass is 175 g/mol. The Hall–Kier alpha value is -1.89. The summed E-state index contributed by atoms with van der Waals surface area (Å²) in [5.41, 5.74) is 6.79. The number of carbonyl (C=O) groups excluding carboxylic acids is 1. The second-order valence-corrected chi connectivity index (χ2v) is 2.73. The van der Waals surface area contributed by atoms with Crippen LogP contribution < -0.4 is 5.73 Å². The predicted molar refractivity (Wildman–Crippen MR) is 48.1 cm³/mol. The molecule has 13 heavy (non-hydrogen) atoms. The van der Waals surface area contributed by atoms with Crippen LogP contribution in [0.3, 0.4) is 0 Å². The molecule has 2 N–H and O–H groups in total. The van der Waals surface area contributed by atoms with Crippen LogP contribution in [-0.2, 0) is 0 Å². The number of anilines is 1. The van der Waals surface area contributed by atoms with Gasteiger partial charge in [0.05, 0.1) is 5.56 Å². The van der Waals surface area contributed by atoms with Crippen molar-refractivity contribution in [3.05, 3.63) is 22.9 Å². The molecule has 0 aliphatic rings. The lowest BCUT2D eigenvalue weighted by Crippen LogP contribution is -2.04. The highest BCUT2D eigenvalue weighted by Crippen LogP contribution is 2.16. The number of aromatic nitrogens is 1. The van der Waals surface area contributed by atoms with Crippen molar-refractivity contribution in [2.75, 3.05) is 5.73 Å². The van der Waals surface area contributed by atoms with Crippen LogP contribution in [0, 0.1) is 18.3 Å². The van der Waals surface area contributed by atoms with E-state index in [1.807, 2.05) is 6.07 Å². The molecule has 0 atom stereocenters. The predicted octanol–water partition coefficient (Wildman–Crippen LogP) is 1.05. The molecular formula is C9H9N3O. The van der Waals surface area contributed by atoms with Gasteiger partial charge in [-0.3, -0.25) is 4.79 Å². The zero-order chi connectivity index (χ0) is 10.0. The smallest absolute Gasteiger partial charge is 0.161 e. The molecule has 0 fully saturated rings. The Morgan fingerprint density at radius 1 is 1.69 bits per heavy atom. The maximum atomic E-state index is 11.1. The largest absolute Gasteiger partial charge is 0.383 e. The molecule has 0 unspecified atom stereocenters. The van der Waals surface area contributed by atoms with E-state index in [1.165, 1.54) is 13.1 Å². The first-order chi connectivity index (χ1) is 6.07. The molecule has 0 saturated heterocycles. The van der Waals surface area contributed by atoms with Crippen molar-refractivity contribution in [2.24, 2.45) is 0 Å². The lowest BCUT2D eigenvalue weighted by atomic mass is 10.0. The van der Waals surface area contributed by atoms with E-state index in [-0.39, 0.29) is 17.2 Å². The minimum Gasteiger partial charge on any atom is -0.383 e. The third-order valence-corrected chi connectivity index (χ3v) is 1.86. The number of rotatable bonds is 1. The van der Waals surface area contributed by atoms with Crippen molar-refractivity contribution in [1.82, 2.24) is 4.98 Å². The van der Waals surface area contributed by atoms with Gasteiger partial charge in [0.15, 0.2) is 5.78 Å². The zero-order valence-corrected chi connectivity index (χ0v) is 7.46. The number of ketones is 1. The van der Waals surface area contributed by atoms with Crippen LogP contribution in [0.5, 0.6) is 0 Å². The van der Waals surface area contributed by atoms with E-state index in [0.717, 1.165) is 0 Å². The van der Waals surface area contributed by atoms with E-state index in [0.29, 0.717) is 11.1 Å². The summed E-state index contributed by atoms with van der Waals surface area (Å²) in [6.45, 7) is 3.12. The molecule has 66 valence electrons. The fraction of sp³-hybridized carbons (Fsp3) is 0.222. The molecular weight excluding hydrogens is 166 g/mol. The fourth-order valence-corrected chi connectivity index (χ4v) is 1.12. The highest BCUT2D eigenvalue weighted by atomic mass is 16.1. The minimum atomic E-state index is -0.110. The summed E-state index contributed by atoms with van der Waals surface area (Å²) in [6, 6.07) is 1.92. The van der Waals surface area contributed by atoms with Crippen LogP contribution >= 0.6 is 0 Å². The Morgan fingerprint density at radius 2 is 2.31 bits per heavy atom. The highest BCUT2D eigenvalue weighted by Gasteiger charge is 2.11. The van der Waals surface area contributed by atoms with Crippen molar-refractivity contribution in [1.29, 1.82) is 5.26 Å². The van der Waals surface area contributed by atoms with Crippen molar-refractivity contribution >= 4 is 11.6 Å². The number of nitriles is 1. The number of nitrogens with zero attached hydrogens (tertiary/aromatic N) is 2. The van der Waals surface area contributed by atoms with Gasteiger partial charge in [-0.15, -0.1) is 0 Å². The molecule has 0 aliphatic heterocycles. The number of nitrogens with two attached hydrogens (primary N) is 1. The van der Waals surface area contributed by atoms with Crippen molar-refractivity contribution in [2.45, 2.75) is 13.8 Å². The maximum absolute atomic E-state index is 11.1. The number of hydrogen-bond donors (Lipinski definition) is 1. The quantitative estimate of drug-likeness (QED) is 0.647. The van der Waals surface area contributed by atoms with Crippen molar-refractivity contribution in [3.8, 4) is 6.07 Å². The van der Waals surface area contributed by atoms with Gasteiger partial charge < -0.3 is 5.73 Å². The molecule has 1 aromatic rings. The molecule has 1 heterocycles. The second kappa shape index (κ2) is 3.23. The average Bonchev–Trinajstić information content (AvgIpc) is 2.04. The van der Waals surface area contributed by atoms with Gasteiger partial charge in [-0.1, -0.05) is 0 Å². The van der Waals surface area contributed by atoms with Gasteiger partial charge in [-0.05, 0) is 19.4 Å². The molecule has 0 aliphatic carbocycles. The van der Waals surface area contributed by atoms with E-state index >= 15 is 0 Å². The topological polar surface area (TPSA) is 79.8 Å². The summed E-state index contributed by atoms with van der Waals surface area (Å²) >= 11 is 0. The van der Waals surface area contributed by atoms with Gasteiger partial charge in [0.25, 0.3) is 0 Å². The lowest BCUT2D eigenvalue weighted by Gasteiger charge is -2.04. The zero-order valence-electron chi connectivity index (χ0n) is 7.46. The number of hydrogen-bond acceptors (Lipinski definition) is 4. The van der Waals surface area contributed by atoms with Gasteiger partial charge >= 0.3 is 0 Å². The molecule has 1 aromatic heterocycles. The Kier molecular flexibility index (Phi) is 2.29. The van der Waals surface area contributed by atoms with Crippen LogP contribution in [0.15, 0.2) is 6.20 Å². The van der Waals surface area contributed by atoms with Gasteiger partial charge in [0.2, 0.25) is 0 Å². The molecule has 0 radical (unpaired) electrons. The normalized spacial score (nSPS) is 9.31. The Morgan fingerprint density at radius 3 is 2.77 bits per heavy atom. The standard InChI is InChI=1S/C9H9N3O/c1-5-7(3-10)9(11)12-4-8(5)6(2)13/h4H,1-2H3,(H2,11,12). The summed E-state index contributed by atoms with van der Waals surface area (Å²) in [6.07, 6.45) is 1.40. The summed E-state index contributed by atoms with van der Waals surface area (Å²) in [7, 11) is 0. The first-order valence-electron chi connectivity index (χ1n) is 3.74. The third-order valence-electron chi connectivity index (χ3n) is 1.86. The molecule has 0 bridgehead atoms. The van der Waals surface area contributed by atoms with E-state index in [1.54, 1.807) is 6.92 Å². The summed E-state index contributed by atoms with van der Waals surface area (Å²) in [5, 5.41) is 8.72. The molecule has 0 saturated carbocycles. The van der Waals surface area contributed by atoms with Crippen LogP contribution in [0.2, 0.25) is 0 Å². The Balaban J connectivity index is 3.47. The molecule has 0 spiro atoms. The van der Waals surface area contributed by atoms with Crippen LogP contribution in [0.25, 0.3) is 0 Å². The number of Topliss-reactive ketones (excluding diaryl/α,β-unsaturated/α-hetero) is 1. The van der Waals surface area contributed by atoms with E-state index in [4.69, 9.17) is 11.0 Å². The van der Waals surface area contributed by atoms with E-state index < -0.39 is 0 Å². The molecule has 1 rings (SSSR count). The first-order valence-corrected chi connectivity index (χ1v) is 3.74. The Labute approximate surface area is 76.0 Å². The van der Waals surface area contributed by atoms with Gasteiger partial charge in [0.1, 0.15) is 11.9 Å². The number of carbonyl (C=O) groups is 1. The van der Waals surface area contributed by atoms with Crippen LogP contribution in [0.1, 0.15) is 28.4 Å². The molecule has 0 aromatic carbocycles. The first kappa shape index (κ1) is 9.20. The SMILES string of the molecule is CC(=O)c1cnc(N)c(C#N)c1C. The van der Waals surface area contributed by atoms with Gasteiger partial charge in [-0.2, -0.15) is 5.26 Å². The van der Waals surface area contributed by atoms with E-state index in [9.17, 15) is 4.79 Å². The van der Waals surface area contributed by atoms with Crippen LogP contribution in [-0.4, -0.2) is 10.8 Å². The fourth-order valence-electron chi connectivity index (χ4n) is 1.12. The average molecular weight is 175 g/mol. The van der Waals surface area contributed by atoms with E-state index in [2.05, 4.69) is 4.98 Å². The van der Waals surface area contributed by atoms with Gasteiger partial charge in [0, 0.05) is 11.8 Å². The third kappa shape index (κ3) is 1.49. The second-order valence-electron chi connectivity index (χ2n) is 2.73. The summed E-state index contributed by atoms with van der Waals surface area (Å²) in [5.74, 6) is 0.0616. The van der Waals surface area contributed by atoms with Crippen molar-refractivity contribution in [3.63, 3.8) is 0 Å². The minimum absolute atomic E-state index is 0.110. The summed E-state index contributed by atoms with van der Waals surface area (Å²) in [4.78, 5) is 14.8. The molecule has 0 amide bonds. The maximum Gasteiger partial charge on any atom is 0.161 e. The highest BCUT2D eigenvalue weighted by molar-refractivity contribution is 5.96. The number of nitrogen functional groups attached to an aromatic ring is 1. The Bertz CT molecular complexity index is 404. The molecule has 4 nitrogen and oxygen atoms in total. The summed E-state index contributed by atoms with van der Waals surface area (Å²) < 4.78 is 0.